The number of fused-ring (bicyclic) bond motifs is 3. The molecule has 0 bridgehead atoms. The standard InChI is InChI=1S/C24H24N4O5/c29-22-19-12-27(24(31)18-2-1-7-25-18)8-9-28(19)23(30)16-10-14(3-5-17(16)26-22)15-4-6-20-21(11-15)33-13-32-20/h3-6,10-11,18-19,25H,1-2,7-9,12-13H2,(H,26,29)/t18-,19+/m1/s1. The second-order valence-corrected chi connectivity index (χ2v) is 8.77. The van der Waals surface area contributed by atoms with Crippen LogP contribution in [0.15, 0.2) is 36.4 Å². The molecule has 4 heterocycles. The maximum Gasteiger partial charge on any atom is 0.256 e. The molecule has 0 radical (unpaired) electrons. The smallest absolute Gasteiger partial charge is 0.256 e. The summed E-state index contributed by atoms with van der Waals surface area (Å²) in [6, 6.07) is 10.2. The van der Waals surface area contributed by atoms with Crippen LogP contribution in [-0.2, 0) is 9.59 Å². The Kier molecular flexibility index (Phi) is 4.72. The summed E-state index contributed by atoms with van der Waals surface area (Å²) in [4.78, 5) is 42.7. The minimum atomic E-state index is -0.710. The maximum atomic E-state index is 13.5. The second kappa shape index (κ2) is 7.77. The van der Waals surface area contributed by atoms with Gasteiger partial charge in [0.05, 0.1) is 23.8 Å². The van der Waals surface area contributed by atoms with Crippen molar-refractivity contribution in [3.63, 3.8) is 0 Å². The van der Waals surface area contributed by atoms with Gasteiger partial charge in [0.25, 0.3) is 5.91 Å². The van der Waals surface area contributed by atoms with Gasteiger partial charge in [0.2, 0.25) is 18.6 Å². The van der Waals surface area contributed by atoms with Crippen LogP contribution in [-0.4, -0.2) is 72.6 Å². The van der Waals surface area contributed by atoms with Crippen LogP contribution in [0, 0.1) is 0 Å². The van der Waals surface area contributed by atoms with E-state index < -0.39 is 6.04 Å². The van der Waals surface area contributed by atoms with Crippen molar-refractivity contribution in [2.24, 2.45) is 0 Å². The summed E-state index contributed by atoms with van der Waals surface area (Å²) in [5.74, 6) is 0.899. The van der Waals surface area contributed by atoms with Crippen LogP contribution >= 0.6 is 0 Å². The third-order valence-electron chi connectivity index (χ3n) is 6.83. The number of anilines is 1. The van der Waals surface area contributed by atoms with Crippen molar-refractivity contribution in [3.05, 3.63) is 42.0 Å². The number of amides is 3. The summed E-state index contributed by atoms with van der Waals surface area (Å²) in [6.45, 7) is 1.98. The number of carbonyl (C=O) groups is 3. The van der Waals surface area contributed by atoms with Crippen LogP contribution in [0.5, 0.6) is 11.5 Å². The van der Waals surface area contributed by atoms with Gasteiger partial charge in [-0.3, -0.25) is 14.4 Å². The third kappa shape index (κ3) is 3.39. The van der Waals surface area contributed by atoms with Gasteiger partial charge in [0, 0.05) is 13.1 Å². The molecule has 9 heteroatoms. The van der Waals surface area contributed by atoms with Crippen molar-refractivity contribution in [3.8, 4) is 22.6 Å². The Balaban J connectivity index is 1.28. The van der Waals surface area contributed by atoms with E-state index in [-0.39, 0.29) is 37.1 Å². The highest BCUT2D eigenvalue weighted by Crippen LogP contribution is 2.37. The van der Waals surface area contributed by atoms with E-state index in [1.807, 2.05) is 24.3 Å². The lowest BCUT2D eigenvalue weighted by molar-refractivity contribution is -0.137. The molecule has 0 spiro atoms. The summed E-state index contributed by atoms with van der Waals surface area (Å²) >= 11 is 0. The molecule has 170 valence electrons. The third-order valence-corrected chi connectivity index (χ3v) is 6.83. The number of nitrogens with zero attached hydrogens (tertiary/aromatic N) is 2. The van der Waals surface area contributed by atoms with E-state index in [2.05, 4.69) is 10.6 Å². The summed E-state index contributed by atoms with van der Waals surface area (Å²) < 4.78 is 10.9. The van der Waals surface area contributed by atoms with E-state index in [1.54, 1.807) is 21.9 Å². The first-order valence-electron chi connectivity index (χ1n) is 11.3. The van der Waals surface area contributed by atoms with Gasteiger partial charge in [-0.05, 0) is 54.8 Å². The Morgan fingerprint density at radius 1 is 1.00 bits per heavy atom. The number of rotatable bonds is 2. The molecule has 33 heavy (non-hydrogen) atoms. The van der Waals surface area contributed by atoms with Crippen molar-refractivity contribution < 1.29 is 23.9 Å². The molecule has 2 N–H and O–H groups in total. The van der Waals surface area contributed by atoms with Gasteiger partial charge in [0.15, 0.2) is 11.5 Å². The van der Waals surface area contributed by atoms with Crippen LogP contribution < -0.4 is 20.1 Å². The lowest BCUT2D eigenvalue weighted by Gasteiger charge is -2.40. The van der Waals surface area contributed by atoms with Crippen LogP contribution in [0.1, 0.15) is 23.2 Å². The first-order valence-corrected chi connectivity index (χ1v) is 11.3. The fraction of sp³-hybridized carbons (Fsp3) is 0.375. The van der Waals surface area contributed by atoms with Gasteiger partial charge >= 0.3 is 0 Å². The Bertz CT molecular complexity index is 1160. The van der Waals surface area contributed by atoms with Gasteiger partial charge in [-0.25, -0.2) is 0 Å². The van der Waals surface area contributed by atoms with E-state index in [9.17, 15) is 14.4 Å². The maximum absolute atomic E-state index is 13.5. The van der Waals surface area contributed by atoms with E-state index in [0.717, 1.165) is 30.5 Å². The molecule has 6 rings (SSSR count). The van der Waals surface area contributed by atoms with E-state index in [0.29, 0.717) is 35.8 Å². The zero-order chi connectivity index (χ0) is 22.5. The number of nitrogens with one attached hydrogen (secondary N) is 2. The molecule has 4 aliphatic heterocycles. The molecule has 2 atom stereocenters. The fourth-order valence-electron chi connectivity index (χ4n) is 5.02. The van der Waals surface area contributed by atoms with Crippen LogP contribution in [0.4, 0.5) is 5.69 Å². The fourth-order valence-corrected chi connectivity index (χ4v) is 5.02. The average molecular weight is 448 g/mol. The molecular weight excluding hydrogens is 424 g/mol. The highest BCUT2D eigenvalue weighted by molar-refractivity contribution is 6.11. The van der Waals surface area contributed by atoms with Gasteiger partial charge in [-0.15, -0.1) is 0 Å². The summed E-state index contributed by atoms with van der Waals surface area (Å²) in [5, 5.41) is 6.12. The molecule has 2 aromatic rings. The Labute approximate surface area is 190 Å². The predicted octanol–water partition coefficient (Wildman–Crippen LogP) is 1.44. The van der Waals surface area contributed by atoms with Crippen molar-refractivity contribution in [1.29, 1.82) is 0 Å². The van der Waals surface area contributed by atoms with E-state index in [1.165, 1.54) is 0 Å². The molecule has 9 nitrogen and oxygen atoms in total. The number of hydrogen-bond donors (Lipinski definition) is 2. The topological polar surface area (TPSA) is 100 Å². The highest BCUT2D eigenvalue weighted by atomic mass is 16.7. The molecule has 0 saturated carbocycles. The van der Waals surface area contributed by atoms with Crippen LogP contribution in [0.3, 0.4) is 0 Å². The molecule has 2 fully saturated rings. The summed E-state index contributed by atoms with van der Waals surface area (Å²) in [7, 11) is 0. The van der Waals surface area contributed by atoms with Gasteiger partial charge in [0.1, 0.15) is 6.04 Å². The van der Waals surface area contributed by atoms with E-state index >= 15 is 0 Å². The lowest BCUT2D eigenvalue weighted by Crippen LogP contribution is -2.61. The normalized spacial score (nSPS) is 23.6. The van der Waals surface area contributed by atoms with Gasteiger partial charge < -0.3 is 29.9 Å². The van der Waals surface area contributed by atoms with Crippen LogP contribution in [0.2, 0.25) is 0 Å². The van der Waals surface area contributed by atoms with Crippen LogP contribution in [0.25, 0.3) is 11.1 Å². The zero-order valence-corrected chi connectivity index (χ0v) is 18.0. The Hall–Kier alpha value is -3.59. The molecule has 0 unspecified atom stereocenters. The summed E-state index contributed by atoms with van der Waals surface area (Å²) in [5.41, 5.74) is 2.66. The quantitative estimate of drug-likeness (QED) is 0.721. The Morgan fingerprint density at radius 3 is 2.67 bits per heavy atom. The highest BCUT2D eigenvalue weighted by Gasteiger charge is 2.41. The minimum Gasteiger partial charge on any atom is -0.454 e. The second-order valence-electron chi connectivity index (χ2n) is 8.77. The predicted molar refractivity (Wildman–Crippen MR) is 119 cm³/mol. The van der Waals surface area contributed by atoms with Gasteiger partial charge in [-0.2, -0.15) is 0 Å². The molecule has 2 saturated heterocycles. The van der Waals surface area contributed by atoms with E-state index in [4.69, 9.17) is 9.47 Å². The summed E-state index contributed by atoms with van der Waals surface area (Å²) in [6.07, 6.45) is 1.78. The number of benzene rings is 2. The monoisotopic (exact) mass is 448 g/mol. The van der Waals surface area contributed by atoms with Gasteiger partial charge in [-0.1, -0.05) is 12.1 Å². The zero-order valence-electron chi connectivity index (χ0n) is 18.0. The first kappa shape index (κ1) is 20.0. The minimum absolute atomic E-state index is 0.0132. The first-order chi connectivity index (χ1) is 16.1. The number of carbonyl (C=O) groups excluding carboxylic acids is 3. The largest absolute Gasteiger partial charge is 0.454 e. The van der Waals surface area contributed by atoms with Crippen molar-refractivity contribution in [2.45, 2.75) is 24.9 Å². The number of hydrogen-bond acceptors (Lipinski definition) is 6. The number of ether oxygens (including phenoxy) is 2. The number of piperazine rings is 1. The molecule has 4 aliphatic rings. The molecular formula is C24H24N4O5. The molecule has 0 aromatic heterocycles. The van der Waals surface area contributed by atoms with Crippen molar-refractivity contribution >= 4 is 23.4 Å². The average Bonchev–Trinajstić information content (AvgIpc) is 3.53. The van der Waals surface area contributed by atoms with Crippen molar-refractivity contribution in [1.82, 2.24) is 15.1 Å². The molecule has 2 aromatic carbocycles. The molecule has 0 aliphatic carbocycles. The van der Waals surface area contributed by atoms with Crippen molar-refractivity contribution in [2.75, 3.05) is 38.3 Å². The SMILES string of the molecule is O=C1Nc2ccc(-c3ccc4c(c3)OCO4)cc2C(=O)N2CCN(C(=O)[C@H]3CCCN3)C[C@@H]12. The Morgan fingerprint density at radius 2 is 1.82 bits per heavy atom. The molecule has 3 amide bonds. The lowest BCUT2D eigenvalue weighted by atomic mass is 10.0.